The van der Waals surface area contributed by atoms with Crippen molar-refractivity contribution in [3.63, 3.8) is 0 Å². The molecule has 0 aromatic rings. The number of guanidine groups is 1. The van der Waals surface area contributed by atoms with Gasteiger partial charge in [0.25, 0.3) is 0 Å². The minimum atomic E-state index is 0.469. The summed E-state index contributed by atoms with van der Waals surface area (Å²) >= 11 is 0. The Labute approximate surface area is 107 Å². The zero-order valence-electron chi connectivity index (χ0n) is 11.9. The van der Waals surface area contributed by atoms with E-state index in [0.717, 1.165) is 18.4 Å². The third-order valence-electron chi connectivity index (χ3n) is 2.52. The minimum absolute atomic E-state index is 0.469. The second-order valence-electron chi connectivity index (χ2n) is 4.88. The molecule has 2 N–H and O–H groups in total. The fraction of sp³-hybridized carbons (Fsp3) is 0.786. The molecule has 0 amide bonds. The van der Waals surface area contributed by atoms with Crippen molar-refractivity contribution in [3.05, 3.63) is 12.7 Å². The van der Waals surface area contributed by atoms with E-state index in [4.69, 9.17) is 0 Å². The zero-order valence-corrected chi connectivity index (χ0v) is 11.9. The number of hydrogen-bond donors (Lipinski definition) is 2. The third kappa shape index (κ3) is 9.91. The van der Waals surface area contributed by atoms with Gasteiger partial charge >= 0.3 is 0 Å². The van der Waals surface area contributed by atoms with Crippen molar-refractivity contribution in [2.75, 3.05) is 13.1 Å². The van der Waals surface area contributed by atoms with E-state index in [1.165, 1.54) is 19.3 Å². The van der Waals surface area contributed by atoms with Crippen molar-refractivity contribution in [1.29, 1.82) is 0 Å². The molecular weight excluding hydrogens is 210 g/mol. The lowest BCUT2D eigenvalue weighted by atomic mass is 10.0. The van der Waals surface area contributed by atoms with E-state index in [0.29, 0.717) is 12.6 Å². The first-order valence-electron chi connectivity index (χ1n) is 6.75. The van der Waals surface area contributed by atoms with Gasteiger partial charge in [0.2, 0.25) is 0 Å². The van der Waals surface area contributed by atoms with Crippen molar-refractivity contribution in [1.82, 2.24) is 10.6 Å². The molecule has 3 nitrogen and oxygen atoms in total. The van der Waals surface area contributed by atoms with Gasteiger partial charge in [-0.2, -0.15) is 0 Å². The summed E-state index contributed by atoms with van der Waals surface area (Å²) in [6.45, 7) is 14.1. The number of rotatable bonds is 8. The molecule has 0 saturated carbocycles. The molecule has 0 fully saturated rings. The van der Waals surface area contributed by atoms with Gasteiger partial charge in [-0.05, 0) is 26.2 Å². The summed E-state index contributed by atoms with van der Waals surface area (Å²) in [5.74, 6) is 1.69. The number of nitrogens with one attached hydrogen (secondary N) is 2. The predicted molar refractivity (Wildman–Crippen MR) is 77.5 cm³/mol. The highest BCUT2D eigenvalue weighted by Gasteiger charge is 2.05. The van der Waals surface area contributed by atoms with E-state index in [-0.39, 0.29) is 0 Å². The molecule has 0 radical (unpaired) electrons. The van der Waals surface area contributed by atoms with Crippen molar-refractivity contribution in [2.45, 2.75) is 53.0 Å². The van der Waals surface area contributed by atoms with Crippen LogP contribution in [-0.2, 0) is 0 Å². The number of aliphatic imine (C=N–C) groups is 1. The molecule has 100 valence electrons. The van der Waals surface area contributed by atoms with E-state index >= 15 is 0 Å². The summed E-state index contributed by atoms with van der Waals surface area (Å²) in [7, 11) is 0. The van der Waals surface area contributed by atoms with Gasteiger partial charge in [-0.15, -0.1) is 6.58 Å². The van der Waals surface area contributed by atoms with Crippen LogP contribution in [0.25, 0.3) is 0 Å². The highest BCUT2D eigenvalue weighted by molar-refractivity contribution is 5.80. The normalized spacial score (nSPS) is 13.6. The van der Waals surface area contributed by atoms with Crippen LogP contribution in [0.5, 0.6) is 0 Å². The monoisotopic (exact) mass is 239 g/mol. The van der Waals surface area contributed by atoms with E-state index in [1.54, 1.807) is 0 Å². The smallest absolute Gasteiger partial charge is 0.191 e. The second kappa shape index (κ2) is 10.2. The highest BCUT2D eigenvalue weighted by Crippen LogP contribution is 2.07. The largest absolute Gasteiger partial charge is 0.357 e. The Kier molecular flexibility index (Phi) is 9.59. The Morgan fingerprint density at radius 1 is 1.29 bits per heavy atom. The molecule has 17 heavy (non-hydrogen) atoms. The Balaban J connectivity index is 3.94. The first-order chi connectivity index (χ1) is 8.10. The molecule has 3 heteroatoms. The lowest BCUT2D eigenvalue weighted by Gasteiger charge is -2.18. The molecule has 0 spiro atoms. The van der Waals surface area contributed by atoms with Crippen LogP contribution in [0.3, 0.4) is 0 Å². The van der Waals surface area contributed by atoms with Crippen LogP contribution in [0, 0.1) is 5.92 Å². The van der Waals surface area contributed by atoms with Gasteiger partial charge < -0.3 is 10.6 Å². The molecule has 1 atom stereocenters. The van der Waals surface area contributed by atoms with Gasteiger partial charge in [0, 0.05) is 12.6 Å². The summed E-state index contributed by atoms with van der Waals surface area (Å²) in [6, 6.07) is 0.469. The maximum atomic E-state index is 4.39. The molecule has 0 aliphatic carbocycles. The topological polar surface area (TPSA) is 36.4 Å². The molecule has 1 unspecified atom stereocenters. The summed E-state index contributed by atoms with van der Waals surface area (Å²) < 4.78 is 0. The quantitative estimate of drug-likeness (QED) is 0.388. The average Bonchev–Trinajstić information content (AvgIpc) is 2.25. The highest BCUT2D eigenvalue weighted by atomic mass is 15.2. The van der Waals surface area contributed by atoms with Crippen LogP contribution < -0.4 is 10.6 Å². The first kappa shape index (κ1) is 16.0. The van der Waals surface area contributed by atoms with Crippen LogP contribution in [-0.4, -0.2) is 25.1 Å². The summed E-state index contributed by atoms with van der Waals surface area (Å²) in [6.07, 6.45) is 5.57. The minimum Gasteiger partial charge on any atom is -0.357 e. The Hall–Kier alpha value is -0.990. The summed E-state index contributed by atoms with van der Waals surface area (Å²) in [4.78, 5) is 4.39. The fourth-order valence-corrected chi connectivity index (χ4v) is 1.61. The van der Waals surface area contributed by atoms with Crippen LogP contribution >= 0.6 is 0 Å². The third-order valence-corrected chi connectivity index (χ3v) is 2.52. The molecular formula is C14H29N3. The van der Waals surface area contributed by atoms with Gasteiger partial charge in [0.15, 0.2) is 5.96 Å². The van der Waals surface area contributed by atoms with Gasteiger partial charge in [0.05, 0.1) is 6.54 Å². The maximum Gasteiger partial charge on any atom is 0.191 e. The summed E-state index contributed by atoms with van der Waals surface area (Å²) in [5, 5.41) is 6.66. The van der Waals surface area contributed by atoms with Gasteiger partial charge in [-0.25, -0.2) is 4.99 Å². The Morgan fingerprint density at radius 2 is 2.00 bits per heavy atom. The molecule has 0 aromatic heterocycles. The lowest BCUT2D eigenvalue weighted by Crippen LogP contribution is -2.42. The summed E-state index contributed by atoms with van der Waals surface area (Å²) in [5.41, 5.74) is 0. The van der Waals surface area contributed by atoms with Crippen molar-refractivity contribution < 1.29 is 0 Å². The van der Waals surface area contributed by atoms with Crippen molar-refractivity contribution in [2.24, 2.45) is 10.9 Å². The van der Waals surface area contributed by atoms with Gasteiger partial charge in [-0.1, -0.05) is 32.8 Å². The number of hydrogen-bond acceptors (Lipinski definition) is 1. The van der Waals surface area contributed by atoms with Crippen molar-refractivity contribution in [3.8, 4) is 0 Å². The van der Waals surface area contributed by atoms with E-state index in [2.05, 4.69) is 49.9 Å². The molecule has 0 aliphatic rings. The standard InChI is InChI=1S/C14H29N3/c1-6-11-16-14(15-7-2)17-13(5)10-8-9-12(3)4/h6,12-13H,1,7-11H2,2-5H3,(H2,15,16,17). The van der Waals surface area contributed by atoms with Crippen molar-refractivity contribution >= 4 is 5.96 Å². The molecule has 0 aromatic carbocycles. The molecule has 0 aliphatic heterocycles. The second-order valence-corrected chi connectivity index (χ2v) is 4.88. The molecule has 0 rings (SSSR count). The van der Waals surface area contributed by atoms with Crippen LogP contribution in [0.1, 0.15) is 47.0 Å². The molecule has 0 heterocycles. The first-order valence-corrected chi connectivity index (χ1v) is 6.75. The van der Waals surface area contributed by atoms with Gasteiger partial charge in [0.1, 0.15) is 0 Å². The van der Waals surface area contributed by atoms with E-state index < -0.39 is 0 Å². The van der Waals surface area contributed by atoms with E-state index in [1.807, 2.05) is 6.08 Å². The van der Waals surface area contributed by atoms with Crippen LogP contribution in [0.15, 0.2) is 17.6 Å². The van der Waals surface area contributed by atoms with Crippen LogP contribution in [0.2, 0.25) is 0 Å². The lowest BCUT2D eigenvalue weighted by molar-refractivity contribution is 0.491. The Morgan fingerprint density at radius 3 is 2.53 bits per heavy atom. The zero-order chi connectivity index (χ0) is 13.1. The average molecular weight is 239 g/mol. The SMILES string of the molecule is C=CCN=C(NCC)NC(C)CCCC(C)C. The predicted octanol–water partition coefficient (Wildman–Crippen LogP) is 2.94. The number of nitrogens with zero attached hydrogens (tertiary/aromatic N) is 1. The molecule has 0 saturated heterocycles. The molecule has 0 bridgehead atoms. The Bertz CT molecular complexity index is 222. The fourth-order valence-electron chi connectivity index (χ4n) is 1.61. The van der Waals surface area contributed by atoms with Crippen LogP contribution in [0.4, 0.5) is 0 Å². The van der Waals surface area contributed by atoms with Gasteiger partial charge in [-0.3, -0.25) is 0 Å². The van der Waals surface area contributed by atoms with E-state index in [9.17, 15) is 0 Å². The maximum absolute atomic E-state index is 4.39.